The van der Waals surface area contributed by atoms with Crippen LogP contribution in [-0.2, 0) is 0 Å². The first kappa shape index (κ1) is 25.6. The second-order valence-corrected chi connectivity index (χ2v) is 7.10. The Kier molecular flexibility index (Phi) is 10.4. The summed E-state index contributed by atoms with van der Waals surface area (Å²) in [5.74, 6) is 2.36. The van der Waals surface area contributed by atoms with E-state index in [0.29, 0.717) is 18.7 Å². The number of rotatable bonds is 7. The van der Waals surface area contributed by atoms with E-state index >= 15 is 0 Å². The fourth-order valence-corrected chi connectivity index (χ4v) is 3.58. The average Bonchev–Trinajstić information content (AvgIpc) is 2.84. The van der Waals surface area contributed by atoms with E-state index in [4.69, 9.17) is 9.47 Å². The summed E-state index contributed by atoms with van der Waals surface area (Å²) >= 11 is 0. The van der Waals surface area contributed by atoms with Gasteiger partial charge in [0, 0.05) is 51.9 Å². The number of carbonyl (C=O) groups is 1. The summed E-state index contributed by atoms with van der Waals surface area (Å²) in [6, 6.07) is 15.2. The smallest absolute Gasteiger partial charge is 0.251 e. The summed E-state index contributed by atoms with van der Waals surface area (Å²) in [7, 11) is 5.09. The van der Waals surface area contributed by atoms with Gasteiger partial charge in [-0.25, -0.2) is 0 Å². The second kappa shape index (κ2) is 13.0. The Hall–Kier alpha value is -2.69. The van der Waals surface area contributed by atoms with Crippen molar-refractivity contribution in [1.29, 1.82) is 0 Å². The van der Waals surface area contributed by atoms with Crippen molar-refractivity contribution in [3.63, 3.8) is 0 Å². The fourth-order valence-electron chi connectivity index (χ4n) is 3.58. The highest BCUT2D eigenvalue weighted by atomic mass is 127. The monoisotopic (exact) mass is 553 g/mol. The molecule has 2 N–H and O–H groups in total. The molecular weight excluding hydrogens is 521 g/mol. The predicted molar refractivity (Wildman–Crippen MR) is 139 cm³/mol. The normalized spacial score (nSPS) is 13.8. The highest BCUT2D eigenvalue weighted by Crippen LogP contribution is 2.28. The van der Waals surface area contributed by atoms with E-state index in [1.165, 1.54) is 0 Å². The molecule has 3 rings (SSSR count). The molecule has 2 aromatic carbocycles. The van der Waals surface area contributed by atoms with E-state index in [2.05, 4.69) is 31.5 Å². The van der Waals surface area contributed by atoms with Crippen molar-refractivity contribution in [3.05, 3.63) is 54.1 Å². The lowest BCUT2D eigenvalue weighted by molar-refractivity contribution is 0.0954. The Labute approximate surface area is 207 Å². The summed E-state index contributed by atoms with van der Waals surface area (Å²) in [6.07, 6.45) is 0. The van der Waals surface area contributed by atoms with Gasteiger partial charge in [-0.1, -0.05) is 12.1 Å². The Morgan fingerprint density at radius 2 is 1.59 bits per heavy atom. The minimum Gasteiger partial charge on any atom is -0.497 e. The number of hydrogen-bond donors (Lipinski definition) is 2. The SMILES string of the molecule is CN=C(NCCNC(=O)c1ccc(OC)cc1)N1CCN(c2ccccc2OC)CC1.I. The van der Waals surface area contributed by atoms with Crippen molar-refractivity contribution in [2.45, 2.75) is 0 Å². The fraction of sp³-hybridized carbons (Fsp3) is 0.391. The third kappa shape index (κ3) is 6.65. The predicted octanol–water partition coefficient (Wildman–Crippen LogP) is 2.45. The molecule has 1 aliphatic rings. The van der Waals surface area contributed by atoms with Crippen molar-refractivity contribution < 1.29 is 14.3 Å². The minimum absolute atomic E-state index is 0. The van der Waals surface area contributed by atoms with E-state index in [9.17, 15) is 4.79 Å². The first-order valence-corrected chi connectivity index (χ1v) is 10.4. The van der Waals surface area contributed by atoms with Crippen LogP contribution >= 0.6 is 24.0 Å². The number of para-hydroxylation sites is 2. The first-order valence-electron chi connectivity index (χ1n) is 10.4. The molecule has 0 spiro atoms. The van der Waals surface area contributed by atoms with E-state index in [-0.39, 0.29) is 29.9 Å². The van der Waals surface area contributed by atoms with Gasteiger partial charge >= 0.3 is 0 Å². The molecule has 1 amide bonds. The van der Waals surface area contributed by atoms with E-state index in [1.54, 1.807) is 45.5 Å². The Morgan fingerprint density at radius 3 is 2.22 bits per heavy atom. The molecule has 1 saturated heterocycles. The Bertz CT molecular complexity index is 883. The number of methoxy groups -OCH3 is 2. The van der Waals surface area contributed by atoms with Gasteiger partial charge in [0.15, 0.2) is 5.96 Å². The number of nitrogens with zero attached hydrogens (tertiary/aromatic N) is 3. The number of ether oxygens (including phenoxy) is 2. The van der Waals surface area contributed by atoms with Crippen LogP contribution in [0.25, 0.3) is 0 Å². The summed E-state index contributed by atoms with van der Waals surface area (Å²) < 4.78 is 10.6. The third-order valence-corrected chi connectivity index (χ3v) is 5.26. The van der Waals surface area contributed by atoms with Crippen LogP contribution in [0.3, 0.4) is 0 Å². The van der Waals surface area contributed by atoms with Crippen LogP contribution in [-0.4, -0.2) is 77.3 Å². The molecule has 32 heavy (non-hydrogen) atoms. The number of amides is 1. The molecule has 0 saturated carbocycles. The van der Waals surface area contributed by atoms with Gasteiger partial charge in [-0.3, -0.25) is 9.79 Å². The Morgan fingerprint density at radius 1 is 0.938 bits per heavy atom. The number of benzene rings is 2. The summed E-state index contributed by atoms with van der Waals surface area (Å²) in [5, 5.41) is 6.26. The molecule has 9 heteroatoms. The summed E-state index contributed by atoms with van der Waals surface area (Å²) in [5.41, 5.74) is 1.73. The summed E-state index contributed by atoms with van der Waals surface area (Å²) in [6.45, 7) is 4.59. The van der Waals surface area contributed by atoms with Gasteiger partial charge in [-0.05, 0) is 36.4 Å². The molecule has 0 aliphatic carbocycles. The van der Waals surface area contributed by atoms with Crippen LogP contribution < -0.4 is 25.0 Å². The van der Waals surface area contributed by atoms with Crippen LogP contribution in [0.15, 0.2) is 53.5 Å². The number of carbonyl (C=O) groups excluding carboxylic acids is 1. The van der Waals surface area contributed by atoms with Crippen molar-refractivity contribution in [2.75, 3.05) is 65.4 Å². The number of halogens is 1. The van der Waals surface area contributed by atoms with Crippen LogP contribution in [0.2, 0.25) is 0 Å². The highest BCUT2D eigenvalue weighted by Gasteiger charge is 2.21. The molecule has 0 atom stereocenters. The molecule has 8 nitrogen and oxygen atoms in total. The van der Waals surface area contributed by atoms with Gasteiger partial charge in [0.05, 0.1) is 19.9 Å². The average molecular weight is 553 g/mol. The number of piperazine rings is 1. The van der Waals surface area contributed by atoms with Crippen molar-refractivity contribution in [2.24, 2.45) is 4.99 Å². The maximum Gasteiger partial charge on any atom is 0.251 e. The molecule has 1 fully saturated rings. The zero-order valence-electron chi connectivity index (χ0n) is 18.8. The van der Waals surface area contributed by atoms with Gasteiger partial charge in [0.1, 0.15) is 11.5 Å². The van der Waals surface area contributed by atoms with E-state index in [1.807, 2.05) is 18.2 Å². The standard InChI is InChI=1S/C23H31N5O3.HI/c1-24-23(26-13-12-25-22(29)18-8-10-19(30-2)11-9-18)28-16-14-27(15-17-28)20-6-4-5-7-21(20)31-3;/h4-11H,12-17H2,1-3H3,(H,24,26)(H,25,29);1H. The van der Waals surface area contributed by atoms with Crippen LogP contribution in [0.1, 0.15) is 10.4 Å². The molecule has 1 aliphatic heterocycles. The molecule has 1 heterocycles. The van der Waals surface area contributed by atoms with Crippen molar-refractivity contribution in [1.82, 2.24) is 15.5 Å². The van der Waals surface area contributed by atoms with Crippen LogP contribution in [0.4, 0.5) is 5.69 Å². The lowest BCUT2D eigenvalue weighted by atomic mass is 10.2. The molecular formula is C23H32IN5O3. The molecule has 174 valence electrons. The Balaban J connectivity index is 0.00000363. The number of hydrogen-bond acceptors (Lipinski definition) is 5. The van der Waals surface area contributed by atoms with E-state index < -0.39 is 0 Å². The summed E-state index contributed by atoms with van der Waals surface area (Å²) in [4.78, 5) is 21.2. The van der Waals surface area contributed by atoms with Crippen molar-refractivity contribution in [3.8, 4) is 11.5 Å². The van der Waals surface area contributed by atoms with E-state index in [0.717, 1.165) is 49.3 Å². The van der Waals surface area contributed by atoms with Gasteiger partial charge < -0.3 is 29.9 Å². The van der Waals surface area contributed by atoms with Gasteiger partial charge in [0.2, 0.25) is 0 Å². The molecule has 0 aromatic heterocycles. The zero-order valence-corrected chi connectivity index (χ0v) is 21.2. The molecule has 0 unspecified atom stereocenters. The first-order chi connectivity index (χ1) is 15.2. The lowest BCUT2D eigenvalue weighted by Crippen LogP contribution is -2.53. The molecule has 2 aromatic rings. The van der Waals surface area contributed by atoms with Crippen LogP contribution in [0, 0.1) is 0 Å². The van der Waals surface area contributed by atoms with Gasteiger partial charge in [0.25, 0.3) is 5.91 Å². The largest absolute Gasteiger partial charge is 0.497 e. The molecule has 0 bridgehead atoms. The number of guanidine groups is 1. The van der Waals surface area contributed by atoms with Gasteiger partial charge in [-0.15, -0.1) is 24.0 Å². The second-order valence-electron chi connectivity index (χ2n) is 7.10. The number of nitrogens with one attached hydrogen (secondary N) is 2. The lowest BCUT2D eigenvalue weighted by Gasteiger charge is -2.38. The minimum atomic E-state index is -0.107. The van der Waals surface area contributed by atoms with Gasteiger partial charge in [-0.2, -0.15) is 0 Å². The van der Waals surface area contributed by atoms with Crippen LogP contribution in [0.5, 0.6) is 11.5 Å². The highest BCUT2D eigenvalue weighted by molar-refractivity contribution is 14.0. The number of aliphatic imine (C=N–C) groups is 1. The topological polar surface area (TPSA) is 78.4 Å². The number of anilines is 1. The zero-order chi connectivity index (χ0) is 22.1. The maximum absolute atomic E-state index is 12.2. The molecule has 0 radical (unpaired) electrons. The van der Waals surface area contributed by atoms with Crippen molar-refractivity contribution >= 4 is 41.5 Å². The quantitative estimate of drug-likeness (QED) is 0.238. The maximum atomic E-state index is 12.2. The third-order valence-electron chi connectivity index (χ3n) is 5.26.